The van der Waals surface area contributed by atoms with E-state index in [1.807, 2.05) is 0 Å². The molecule has 2 aliphatic rings. The number of rotatable bonds is 3. The lowest BCUT2D eigenvalue weighted by Crippen LogP contribution is -2.37. The number of carbonyl (C=O) groups is 1. The van der Waals surface area contributed by atoms with E-state index in [1.54, 1.807) is 0 Å². The maximum Gasteiger partial charge on any atom is 0.322 e. The molecule has 0 saturated heterocycles. The lowest BCUT2D eigenvalue weighted by Gasteiger charge is -2.19. The van der Waals surface area contributed by atoms with Gasteiger partial charge in [0.15, 0.2) is 0 Å². The van der Waals surface area contributed by atoms with E-state index in [0.29, 0.717) is 11.8 Å². The highest BCUT2D eigenvalue weighted by Crippen LogP contribution is 2.39. The van der Waals surface area contributed by atoms with Crippen LogP contribution in [0.15, 0.2) is 4.42 Å². The van der Waals surface area contributed by atoms with Crippen LogP contribution in [0, 0.1) is 5.92 Å². The van der Waals surface area contributed by atoms with Crippen molar-refractivity contribution in [1.29, 1.82) is 0 Å². The van der Waals surface area contributed by atoms with Gasteiger partial charge in [-0.15, -0.1) is 5.10 Å². The lowest BCUT2D eigenvalue weighted by molar-refractivity contribution is -0.120. The molecular weight excluding hydrogens is 244 g/mol. The Bertz CT molecular complexity index is 455. The van der Waals surface area contributed by atoms with Gasteiger partial charge in [-0.05, 0) is 25.7 Å². The molecule has 0 radical (unpaired) electrons. The number of hydrogen-bond acceptors (Lipinski definition) is 5. The molecule has 2 fully saturated rings. The largest absolute Gasteiger partial charge is 0.408 e. The first kappa shape index (κ1) is 12.6. The smallest absolute Gasteiger partial charge is 0.322 e. The monoisotopic (exact) mass is 264 g/mol. The Kier molecular flexibility index (Phi) is 3.50. The van der Waals surface area contributed by atoms with E-state index in [1.165, 1.54) is 0 Å². The van der Waals surface area contributed by atoms with Gasteiger partial charge in [0.25, 0.3) is 0 Å². The van der Waals surface area contributed by atoms with E-state index in [0.717, 1.165) is 44.9 Å². The number of nitrogens with two attached hydrogens (primary N) is 1. The summed E-state index contributed by atoms with van der Waals surface area (Å²) in [7, 11) is 0. The number of nitrogens with zero attached hydrogens (tertiary/aromatic N) is 2. The molecule has 2 aliphatic carbocycles. The Morgan fingerprint density at radius 3 is 2.74 bits per heavy atom. The first-order valence-corrected chi connectivity index (χ1v) is 7.14. The van der Waals surface area contributed by atoms with Crippen LogP contribution < -0.4 is 11.1 Å². The second-order valence-electron chi connectivity index (χ2n) is 5.62. The SMILES string of the molecule is NC1CCCCCC1C(=O)Nc1nnc(C2CC2)o1. The second kappa shape index (κ2) is 5.28. The minimum absolute atomic E-state index is 0.0617. The van der Waals surface area contributed by atoms with E-state index in [9.17, 15) is 4.79 Å². The van der Waals surface area contributed by atoms with Crippen molar-refractivity contribution < 1.29 is 9.21 Å². The van der Waals surface area contributed by atoms with Gasteiger partial charge >= 0.3 is 6.01 Å². The molecule has 2 saturated carbocycles. The summed E-state index contributed by atoms with van der Waals surface area (Å²) in [6, 6.07) is 0.150. The van der Waals surface area contributed by atoms with Crippen molar-refractivity contribution >= 4 is 11.9 Å². The number of hydrogen-bond donors (Lipinski definition) is 2. The van der Waals surface area contributed by atoms with E-state index < -0.39 is 0 Å². The molecule has 0 aliphatic heterocycles. The molecule has 3 rings (SSSR count). The van der Waals surface area contributed by atoms with Crippen LogP contribution in [0.2, 0.25) is 0 Å². The number of aromatic nitrogens is 2. The van der Waals surface area contributed by atoms with Gasteiger partial charge < -0.3 is 10.2 Å². The van der Waals surface area contributed by atoms with E-state index in [-0.39, 0.29) is 23.9 Å². The van der Waals surface area contributed by atoms with Gasteiger partial charge in [0.1, 0.15) is 0 Å². The first-order chi connectivity index (χ1) is 9.24. The maximum atomic E-state index is 12.2. The average Bonchev–Trinajstić information content (AvgIpc) is 3.17. The summed E-state index contributed by atoms with van der Waals surface area (Å²) in [4.78, 5) is 12.2. The van der Waals surface area contributed by atoms with Crippen LogP contribution in [0.4, 0.5) is 6.01 Å². The zero-order chi connectivity index (χ0) is 13.2. The highest BCUT2D eigenvalue weighted by Gasteiger charge is 2.31. The molecule has 2 unspecified atom stereocenters. The van der Waals surface area contributed by atoms with Crippen molar-refractivity contribution in [1.82, 2.24) is 10.2 Å². The fraction of sp³-hybridized carbons (Fsp3) is 0.769. The fourth-order valence-corrected chi connectivity index (χ4v) is 2.64. The van der Waals surface area contributed by atoms with Gasteiger partial charge in [0.2, 0.25) is 11.8 Å². The van der Waals surface area contributed by atoms with E-state index >= 15 is 0 Å². The third kappa shape index (κ3) is 2.94. The summed E-state index contributed by atoms with van der Waals surface area (Å²) in [6.45, 7) is 0. The number of nitrogens with one attached hydrogen (secondary N) is 1. The quantitative estimate of drug-likeness (QED) is 0.812. The normalized spacial score (nSPS) is 27.8. The molecule has 1 heterocycles. The van der Waals surface area contributed by atoms with Crippen LogP contribution in [-0.4, -0.2) is 22.1 Å². The topological polar surface area (TPSA) is 94.0 Å². The summed E-state index contributed by atoms with van der Waals surface area (Å²) in [6.07, 6.45) is 7.28. The number of carbonyl (C=O) groups excluding carboxylic acids is 1. The Balaban J connectivity index is 1.62. The molecular formula is C13H20N4O2. The Morgan fingerprint density at radius 2 is 1.95 bits per heavy atom. The standard InChI is InChI=1S/C13H20N4O2/c14-10-5-3-1-2-4-9(10)11(18)15-13-17-16-12(19-13)8-6-7-8/h8-10H,1-7,14H2,(H,15,17,18). The third-order valence-electron chi connectivity index (χ3n) is 4.00. The molecule has 2 atom stereocenters. The third-order valence-corrected chi connectivity index (χ3v) is 4.00. The molecule has 104 valence electrons. The lowest BCUT2D eigenvalue weighted by atomic mass is 9.95. The van der Waals surface area contributed by atoms with Crippen LogP contribution in [0.25, 0.3) is 0 Å². The molecule has 6 nitrogen and oxygen atoms in total. The van der Waals surface area contributed by atoms with Gasteiger partial charge in [-0.1, -0.05) is 24.4 Å². The van der Waals surface area contributed by atoms with Crippen molar-refractivity contribution in [3.63, 3.8) is 0 Å². The Morgan fingerprint density at radius 1 is 1.16 bits per heavy atom. The summed E-state index contributed by atoms with van der Waals surface area (Å²) in [5.74, 6) is 0.818. The predicted octanol–water partition coefficient (Wildman–Crippen LogP) is 1.79. The summed E-state index contributed by atoms with van der Waals surface area (Å²) in [5.41, 5.74) is 6.07. The number of anilines is 1. The summed E-state index contributed by atoms with van der Waals surface area (Å²) < 4.78 is 5.44. The average molecular weight is 264 g/mol. The van der Waals surface area contributed by atoms with Gasteiger partial charge in [0.05, 0.1) is 5.92 Å². The van der Waals surface area contributed by atoms with E-state index in [2.05, 4.69) is 15.5 Å². The molecule has 0 spiro atoms. The maximum absolute atomic E-state index is 12.2. The van der Waals surface area contributed by atoms with Crippen LogP contribution in [0.5, 0.6) is 0 Å². The highest BCUT2D eigenvalue weighted by atomic mass is 16.4. The predicted molar refractivity (Wildman–Crippen MR) is 69.5 cm³/mol. The molecule has 1 aromatic rings. The molecule has 1 aromatic heterocycles. The zero-order valence-electron chi connectivity index (χ0n) is 11.0. The van der Waals surface area contributed by atoms with Crippen LogP contribution in [0.1, 0.15) is 56.8 Å². The summed E-state index contributed by atoms with van der Waals surface area (Å²) >= 11 is 0. The van der Waals surface area contributed by atoms with Crippen molar-refractivity contribution in [2.75, 3.05) is 5.32 Å². The Hall–Kier alpha value is -1.43. The molecule has 6 heteroatoms. The molecule has 0 bridgehead atoms. The van der Waals surface area contributed by atoms with Crippen molar-refractivity contribution in [3.8, 4) is 0 Å². The number of amides is 1. The molecule has 3 N–H and O–H groups in total. The van der Waals surface area contributed by atoms with Gasteiger partial charge in [-0.3, -0.25) is 10.1 Å². The van der Waals surface area contributed by atoms with Gasteiger partial charge in [-0.2, -0.15) is 0 Å². The highest BCUT2D eigenvalue weighted by molar-refractivity contribution is 5.91. The van der Waals surface area contributed by atoms with Gasteiger partial charge in [0, 0.05) is 12.0 Å². The Labute approximate surface area is 112 Å². The van der Waals surface area contributed by atoms with E-state index in [4.69, 9.17) is 10.2 Å². The first-order valence-electron chi connectivity index (χ1n) is 7.14. The minimum atomic E-state index is -0.140. The summed E-state index contributed by atoms with van der Waals surface area (Å²) in [5, 5.41) is 10.5. The van der Waals surface area contributed by atoms with Crippen molar-refractivity contribution in [3.05, 3.63) is 5.89 Å². The fourth-order valence-electron chi connectivity index (χ4n) is 2.64. The zero-order valence-corrected chi connectivity index (χ0v) is 11.0. The molecule has 1 amide bonds. The van der Waals surface area contributed by atoms with Crippen LogP contribution in [-0.2, 0) is 4.79 Å². The molecule has 0 aromatic carbocycles. The second-order valence-corrected chi connectivity index (χ2v) is 5.62. The van der Waals surface area contributed by atoms with Crippen molar-refractivity contribution in [2.45, 2.75) is 56.9 Å². The minimum Gasteiger partial charge on any atom is -0.408 e. The molecule has 19 heavy (non-hydrogen) atoms. The van der Waals surface area contributed by atoms with Crippen molar-refractivity contribution in [2.24, 2.45) is 11.7 Å². The van der Waals surface area contributed by atoms with Gasteiger partial charge in [-0.25, -0.2) is 0 Å². The van der Waals surface area contributed by atoms with Crippen LogP contribution in [0.3, 0.4) is 0 Å². The van der Waals surface area contributed by atoms with Crippen LogP contribution >= 0.6 is 0 Å².